The largest absolute Gasteiger partial charge is 0.377 e. The van der Waals surface area contributed by atoms with Crippen LogP contribution in [0.3, 0.4) is 0 Å². The van der Waals surface area contributed by atoms with Crippen LogP contribution < -0.4 is 5.32 Å². The molecule has 0 radical (unpaired) electrons. The molecule has 1 aromatic rings. The molecule has 4 heteroatoms. The molecular weight excluding hydrogens is 202 g/mol. The topological polar surface area (TPSA) is 39.1 Å². The van der Waals surface area contributed by atoms with Crippen molar-refractivity contribution < 1.29 is 4.74 Å². The third-order valence-corrected chi connectivity index (χ3v) is 2.69. The van der Waals surface area contributed by atoms with Gasteiger partial charge in [0, 0.05) is 19.3 Å². The van der Waals surface area contributed by atoms with Crippen molar-refractivity contribution in [2.45, 2.75) is 46.4 Å². The highest BCUT2D eigenvalue weighted by Crippen LogP contribution is 2.18. The molecule has 2 atom stereocenters. The van der Waals surface area contributed by atoms with Crippen LogP contribution in [0.2, 0.25) is 0 Å². The van der Waals surface area contributed by atoms with E-state index >= 15 is 0 Å². The van der Waals surface area contributed by atoms with Crippen LogP contribution >= 0.6 is 0 Å². The van der Waals surface area contributed by atoms with Crippen molar-refractivity contribution in [3.05, 3.63) is 18.0 Å². The van der Waals surface area contributed by atoms with E-state index < -0.39 is 0 Å². The molecule has 0 aromatic carbocycles. The minimum absolute atomic E-state index is 0.159. The van der Waals surface area contributed by atoms with Crippen molar-refractivity contribution in [1.29, 1.82) is 0 Å². The predicted octanol–water partition coefficient (Wildman–Crippen LogP) is 1.98. The molecule has 4 nitrogen and oxygen atoms in total. The smallest absolute Gasteiger partial charge is 0.0756 e. The average molecular weight is 225 g/mol. The number of ether oxygens (including phenoxy) is 1. The van der Waals surface area contributed by atoms with E-state index in [9.17, 15) is 0 Å². The molecule has 0 fully saturated rings. The van der Waals surface area contributed by atoms with Crippen LogP contribution in [0, 0.1) is 0 Å². The molecule has 16 heavy (non-hydrogen) atoms. The van der Waals surface area contributed by atoms with Crippen LogP contribution in [0.15, 0.2) is 12.3 Å². The summed E-state index contributed by atoms with van der Waals surface area (Å²) < 4.78 is 7.69. The number of nitrogens with one attached hydrogen (secondary N) is 1. The van der Waals surface area contributed by atoms with Gasteiger partial charge in [0.05, 0.1) is 17.8 Å². The summed E-state index contributed by atoms with van der Waals surface area (Å²) in [6, 6.07) is 2.28. The summed E-state index contributed by atoms with van der Waals surface area (Å²) >= 11 is 0. The van der Waals surface area contributed by atoms with Crippen LogP contribution in [-0.2, 0) is 11.3 Å². The molecule has 0 bridgehead atoms. The molecule has 0 amide bonds. The SMILES string of the molecule is CCNC(c1ccnn1CC)C(C)OCC. The van der Waals surface area contributed by atoms with Gasteiger partial charge in [-0.25, -0.2) is 0 Å². The van der Waals surface area contributed by atoms with E-state index in [4.69, 9.17) is 4.74 Å². The van der Waals surface area contributed by atoms with Crippen molar-refractivity contribution >= 4 is 0 Å². The van der Waals surface area contributed by atoms with Crippen molar-refractivity contribution in [2.75, 3.05) is 13.2 Å². The van der Waals surface area contributed by atoms with Gasteiger partial charge in [-0.3, -0.25) is 4.68 Å². The molecule has 0 aliphatic rings. The highest BCUT2D eigenvalue weighted by molar-refractivity contribution is 5.08. The summed E-state index contributed by atoms with van der Waals surface area (Å²) in [5.41, 5.74) is 1.20. The summed E-state index contributed by atoms with van der Waals surface area (Å²) in [7, 11) is 0. The van der Waals surface area contributed by atoms with Gasteiger partial charge in [0.1, 0.15) is 0 Å². The number of aromatic nitrogens is 2. The van der Waals surface area contributed by atoms with Gasteiger partial charge in [0.25, 0.3) is 0 Å². The Morgan fingerprint density at radius 3 is 2.75 bits per heavy atom. The lowest BCUT2D eigenvalue weighted by Crippen LogP contribution is -2.33. The quantitative estimate of drug-likeness (QED) is 0.771. The minimum Gasteiger partial charge on any atom is -0.377 e. The number of nitrogens with zero attached hydrogens (tertiary/aromatic N) is 2. The van der Waals surface area contributed by atoms with Crippen LogP contribution in [0.1, 0.15) is 39.4 Å². The Hall–Kier alpha value is -0.870. The summed E-state index contributed by atoms with van der Waals surface area (Å²) in [4.78, 5) is 0. The second-order valence-corrected chi connectivity index (χ2v) is 3.77. The van der Waals surface area contributed by atoms with Gasteiger partial charge < -0.3 is 10.1 Å². The van der Waals surface area contributed by atoms with E-state index in [1.54, 1.807) is 0 Å². The number of likely N-dealkylation sites (N-methyl/N-ethyl adjacent to an activating group) is 1. The number of aryl methyl sites for hydroxylation is 1. The summed E-state index contributed by atoms with van der Waals surface area (Å²) in [6.45, 7) is 10.9. The van der Waals surface area contributed by atoms with Crippen molar-refractivity contribution in [1.82, 2.24) is 15.1 Å². The molecule has 92 valence electrons. The molecule has 1 N–H and O–H groups in total. The molecule has 1 heterocycles. The van der Waals surface area contributed by atoms with E-state index in [-0.39, 0.29) is 12.1 Å². The van der Waals surface area contributed by atoms with E-state index in [2.05, 4.69) is 37.3 Å². The second kappa shape index (κ2) is 6.66. The number of hydrogen-bond acceptors (Lipinski definition) is 3. The Bertz CT molecular complexity index is 298. The van der Waals surface area contributed by atoms with Crippen molar-refractivity contribution in [2.24, 2.45) is 0 Å². The molecule has 0 aliphatic heterocycles. The predicted molar refractivity (Wildman–Crippen MR) is 65.4 cm³/mol. The first kappa shape index (κ1) is 13.2. The Morgan fingerprint density at radius 1 is 1.44 bits per heavy atom. The summed E-state index contributed by atoms with van der Waals surface area (Å²) in [5, 5.41) is 7.76. The lowest BCUT2D eigenvalue weighted by molar-refractivity contribution is 0.0453. The standard InChI is InChI=1S/C12H23N3O/c1-5-13-12(10(4)16-7-3)11-8-9-14-15(11)6-2/h8-10,12-13H,5-7H2,1-4H3. The number of rotatable bonds is 7. The zero-order valence-electron chi connectivity index (χ0n) is 10.7. The van der Waals surface area contributed by atoms with E-state index in [1.165, 1.54) is 5.69 Å². The summed E-state index contributed by atoms with van der Waals surface area (Å²) in [5.74, 6) is 0. The first-order valence-electron chi connectivity index (χ1n) is 6.11. The maximum absolute atomic E-state index is 5.68. The van der Waals surface area contributed by atoms with Crippen LogP contribution in [0.5, 0.6) is 0 Å². The highest BCUT2D eigenvalue weighted by Gasteiger charge is 2.21. The first-order chi connectivity index (χ1) is 7.74. The van der Waals surface area contributed by atoms with Gasteiger partial charge in [0.2, 0.25) is 0 Å². The fourth-order valence-electron chi connectivity index (χ4n) is 1.96. The van der Waals surface area contributed by atoms with E-state index in [0.717, 1.165) is 19.7 Å². The third kappa shape index (κ3) is 3.06. The Labute approximate surface area is 98.0 Å². The average Bonchev–Trinajstić information content (AvgIpc) is 2.73. The fourth-order valence-corrected chi connectivity index (χ4v) is 1.96. The Balaban J connectivity index is 2.83. The van der Waals surface area contributed by atoms with Crippen LogP contribution in [-0.4, -0.2) is 29.0 Å². The van der Waals surface area contributed by atoms with Gasteiger partial charge in [-0.2, -0.15) is 5.10 Å². The zero-order chi connectivity index (χ0) is 12.0. The van der Waals surface area contributed by atoms with Gasteiger partial charge >= 0.3 is 0 Å². The molecule has 0 saturated carbocycles. The Kier molecular flexibility index (Phi) is 5.49. The normalized spacial score (nSPS) is 15.0. The van der Waals surface area contributed by atoms with Gasteiger partial charge in [0.15, 0.2) is 0 Å². The van der Waals surface area contributed by atoms with Gasteiger partial charge in [-0.1, -0.05) is 6.92 Å². The fraction of sp³-hybridized carbons (Fsp3) is 0.750. The maximum atomic E-state index is 5.68. The van der Waals surface area contributed by atoms with Crippen LogP contribution in [0.25, 0.3) is 0 Å². The van der Waals surface area contributed by atoms with Gasteiger partial charge in [-0.05, 0) is 33.4 Å². The molecular formula is C12H23N3O. The van der Waals surface area contributed by atoms with Crippen molar-refractivity contribution in [3.63, 3.8) is 0 Å². The molecule has 0 aliphatic carbocycles. The minimum atomic E-state index is 0.159. The van der Waals surface area contributed by atoms with Gasteiger partial charge in [-0.15, -0.1) is 0 Å². The zero-order valence-corrected chi connectivity index (χ0v) is 10.7. The monoisotopic (exact) mass is 225 g/mol. The lowest BCUT2D eigenvalue weighted by atomic mass is 10.1. The highest BCUT2D eigenvalue weighted by atomic mass is 16.5. The first-order valence-corrected chi connectivity index (χ1v) is 6.11. The number of hydrogen-bond donors (Lipinski definition) is 1. The van der Waals surface area contributed by atoms with E-state index in [0.29, 0.717) is 0 Å². The molecule has 0 spiro atoms. The lowest BCUT2D eigenvalue weighted by Gasteiger charge is -2.25. The molecule has 0 saturated heterocycles. The van der Waals surface area contributed by atoms with Crippen LogP contribution in [0.4, 0.5) is 0 Å². The molecule has 1 aromatic heterocycles. The molecule has 1 rings (SSSR count). The maximum Gasteiger partial charge on any atom is 0.0756 e. The van der Waals surface area contributed by atoms with Crippen molar-refractivity contribution in [3.8, 4) is 0 Å². The summed E-state index contributed by atoms with van der Waals surface area (Å²) in [6.07, 6.45) is 2.01. The van der Waals surface area contributed by atoms with E-state index in [1.807, 2.05) is 17.8 Å². The molecule has 2 unspecified atom stereocenters. The Morgan fingerprint density at radius 2 is 2.19 bits per heavy atom. The third-order valence-electron chi connectivity index (χ3n) is 2.69. The second-order valence-electron chi connectivity index (χ2n) is 3.77.